The Hall–Kier alpha value is -1.22. The number of fused-ring (bicyclic) bond motifs is 1. The van der Waals surface area contributed by atoms with Gasteiger partial charge in [-0.1, -0.05) is 53.5 Å². The van der Waals surface area contributed by atoms with Gasteiger partial charge in [-0.05, 0) is 24.6 Å². The molecule has 5 heteroatoms. The zero-order valence-electron chi connectivity index (χ0n) is 11.4. The number of nitrogens with zero attached hydrogens (tertiary/aromatic N) is 2. The van der Waals surface area contributed by atoms with Crippen molar-refractivity contribution in [3.8, 4) is 0 Å². The van der Waals surface area contributed by atoms with E-state index in [0.717, 1.165) is 16.9 Å². The van der Waals surface area contributed by atoms with E-state index in [1.807, 2.05) is 24.3 Å². The predicted octanol–water partition coefficient (Wildman–Crippen LogP) is 5.69. The minimum Gasteiger partial charge on any atom is -0.320 e. The van der Waals surface area contributed by atoms with E-state index in [1.54, 1.807) is 6.07 Å². The largest absolute Gasteiger partial charge is 0.320 e. The topological polar surface area (TPSA) is 17.8 Å². The molecule has 3 rings (SSSR count). The van der Waals surface area contributed by atoms with Gasteiger partial charge >= 0.3 is 0 Å². The van der Waals surface area contributed by atoms with E-state index < -0.39 is 0 Å². The van der Waals surface area contributed by atoms with Crippen LogP contribution in [-0.4, -0.2) is 9.55 Å². The highest BCUT2D eigenvalue weighted by atomic mass is 35.5. The highest BCUT2D eigenvalue weighted by Gasteiger charge is 2.18. The maximum Gasteiger partial charge on any atom is 0.125 e. The highest BCUT2D eigenvalue weighted by Crippen LogP contribution is 2.32. The monoisotopic (exact) mass is 338 g/mol. The average molecular weight is 340 g/mol. The standard InChI is InChI=1S/C16H13Cl3N2/c1-10(11-5-3-2-4-6-11)21-15-8-13(19)12(18)7-14(15)20-16(21)9-17/h2-8,10H,9H2,1H3. The molecule has 0 aliphatic heterocycles. The summed E-state index contributed by atoms with van der Waals surface area (Å²) < 4.78 is 2.11. The first-order chi connectivity index (χ1) is 10.1. The van der Waals surface area contributed by atoms with Crippen LogP contribution in [0.5, 0.6) is 0 Å². The van der Waals surface area contributed by atoms with Crippen molar-refractivity contribution in [2.24, 2.45) is 0 Å². The highest BCUT2D eigenvalue weighted by molar-refractivity contribution is 6.42. The Morgan fingerprint density at radius 1 is 1.10 bits per heavy atom. The molecular formula is C16H13Cl3N2. The van der Waals surface area contributed by atoms with Crippen molar-refractivity contribution in [1.29, 1.82) is 0 Å². The third-order valence-electron chi connectivity index (χ3n) is 3.59. The summed E-state index contributed by atoms with van der Waals surface area (Å²) in [7, 11) is 0. The van der Waals surface area contributed by atoms with Gasteiger partial charge in [-0.2, -0.15) is 0 Å². The van der Waals surface area contributed by atoms with Crippen LogP contribution in [0, 0.1) is 0 Å². The first-order valence-corrected chi connectivity index (χ1v) is 7.87. The second-order valence-electron chi connectivity index (χ2n) is 4.87. The van der Waals surface area contributed by atoms with E-state index in [2.05, 4.69) is 28.6 Å². The quantitative estimate of drug-likeness (QED) is 0.560. The summed E-state index contributed by atoms with van der Waals surface area (Å²) in [6.07, 6.45) is 0. The van der Waals surface area contributed by atoms with E-state index >= 15 is 0 Å². The lowest BCUT2D eigenvalue weighted by atomic mass is 10.1. The lowest BCUT2D eigenvalue weighted by molar-refractivity contribution is 0.634. The summed E-state index contributed by atoms with van der Waals surface area (Å²) in [4.78, 5) is 4.57. The average Bonchev–Trinajstić information content (AvgIpc) is 2.85. The van der Waals surface area contributed by atoms with Crippen molar-refractivity contribution in [1.82, 2.24) is 9.55 Å². The van der Waals surface area contributed by atoms with Gasteiger partial charge in [-0.3, -0.25) is 0 Å². The Morgan fingerprint density at radius 3 is 2.43 bits per heavy atom. The van der Waals surface area contributed by atoms with Crippen molar-refractivity contribution in [3.05, 3.63) is 63.9 Å². The van der Waals surface area contributed by atoms with Crippen LogP contribution < -0.4 is 0 Å². The molecule has 1 atom stereocenters. The molecule has 1 aromatic heterocycles. The van der Waals surface area contributed by atoms with Gasteiger partial charge in [0.15, 0.2) is 0 Å². The molecule has 108 valence electrons. The zero-order valence-corrected chi connectivity index (χ0v) is 13.6. The Kier molecular flexibility index (Phi) is 4.12. The third kappa shape index (κ3) is 2.64. The van der Waals surface area contributed by atoms with Crippen LogP contribution in [0.25, 0.3) is 11.0 Å². The van der Waals surface area contributed by atoms with Crippen LogP contribution in [0.15, 0.2) is 42.5 Å². The molecule has 21 heavy (non-hydrogen) atoms. The molecule has 0 N–H and O–H groups in total. The first-order valence-electron chi connectivity index (χ1n) is 6.58. The first kappa shape index (κ1) is 14.7. The molecule has 0 aliphatic carbocycles. The van der Waals surface area contributed by atoms with Crippen molar-refractivity contribution in [2.75, 3.05) is 0 Å². The van der Waals surface area contributed by atoms with Crippen LogP contribution in [0.2, 0.25) is 10.0 Å². The van der Waals surface area contributed by atoms with Crippen LogP contribution in [0.3, 0.4) is 0 Å². The van der Waals surface area contributed by atoms with E-state index in [0.29, 0.717) is 15.9 Å². The fraction of sp³-hybridized carbons (Fsp3) is 0.188. The normalized spacial score (nSPS) is 12.8. The minimum atomic E-state index is 0.113. The van der Waals surface area contributed by atoms with Gasteiger partial charge in [0, 0.05) is 0 Å². The smallest absolute Gasteiger partial charge is 0.125 e. The predicted molar refractivity (Wildman–Crippen MR) is 89.6 cm³/mol. The van der Waals surface area contributed by atoms with E-state index in [1.165, 1.54) is 5.56 Å². The lowest BCUT2D eigenvalue weighted by Gasteiger charge is -2.17. The maximum atomic E-state index is 6.16. The number of benzene rings is 2. The number of halogens is 3. The van der Waals surface area contributed by atoms with Crippen molar-refractivity contribution in [3.63, 3.8) is 0 Å². The molecule has 1 heterocycles. The molecule has 0 fully saturated rings. The number of aromatic nitrogens is 2. The summed E-state index contributed by atoms with van der Waals surface area (Å²) in [6.45, 7) is 2.12. The number of imidazole rings is 1. The van der Waals surface area contributed by atoms with Gasteiger partial charge in [0.25, 0.3) is 0 Å². The van der Waals surface area contributed by atoms with E-state index in [9.17, 15) is 0 Å². The Morgan fingerprint density at radius 2 is 1.76 bits per heavy atom. The molecule has 2 aromatic carbocycles. The Bertz CT molecular complexity index is 781. The zero-order chi connectivity index (χ0) is 15.0. The van der Waals surface area contributed by atoms with Crippen LogP contribution in [0.1, 0.15) is 24.4 Å². The summed E-state index contributed by atoms with van der Waals surface area (Å²) in [5.41, 5.74) is 2.94. The van der Waals surface area contributed by atoms with Crippen molar-refractivity contribution >= 4 is 45.8 Å². The van der Waals surface area contributed by atoms with Gasteiger partial charge < -0.3 is 4.57 Å². The van der Waals surface area contributed by atoms with Crippen LogP contribution in [0.4, 0.5) is 0 Å². The molecule has 0 spiro atoms. The summed E-state index contributed by atoms with van der Waals surface area (Å²) in [5.74, 6) is 1.14. The van der Waals surface area contributed by atoms with Crippen molar-refractivity contribution in [2.45, 2.75) is 18.8 Å². The Labute approximate surface area is 138 Å². The molecule has 1 unspecified atom stereocenters. The Balaban J connectivity index is 2.23. The summed E-state index contributed by atoms with van der Waals surface area (Å²) >= 11 is 18.3. The number of hydrogen-bond acceptors (Lipinski definition) is 1. The van der Waals surface area contributed by atoms with Crippen LogP contribution in [-0.2, 0) is 5.88 Å². The fourth-order valence-electron chi connectivity index (χ4n) is 2.55. The van der Waals surface area contributed by atoms with Gasteiger partial charge in [0.05, 0.1) is 33.0 Å². The molecule has 0 saturated heterocycles. The van der Waals surface area contributed by atoms with E-state index in [4.69, 9.17) is 34.8 Å². The number of alkyl halides is 1. The molecule has 3 aromatic rings. The molecule has 0 saturated carbocycles. The van der Waals surface area contributed by atoms with Gasteiger partial charge in [-0.25, -0.2) is 4.98 Å². The summed E-state index contributed by atoms with van der Waals surface area (Å²) in [5, 5.41) is 1.02. The van der Waals surface area contributed by atoms with Crippen molar-refractivity contribution < 1.29 is 0 Å². The van der Waals surface area contributed by atoms with E-state index in [-0.39, 0.29) is 6.04 Å². The number of hydrogen-bond donors (Lipinski definition) is 0. The second kappa shape index (κ2) is 5.88. The second-order valence-corrected chi connectivity index (χ2v) is 5.96. The van der Waals surface area contributed by atoms with Gasteiger partial charge in [-0.15, -0.1) is 11.6 Å². The van der Waals surface area contributed by atoms with Gasteiger partial charge in [0.1, 0.15) is 5.82 Å². The molecule has 0 bridgehead atoms. The van der Waals surface area contributed by atoms with Crippen LogP contribution >= 0.6 is 34.8 Å². The molecule has 0 radical (unpaired) electrons. The fourth-order valence-corrected chi connectivity index (χ4v) is 3.05. The number of rotatable bonds is 3. The summed E-state index contributed by atoms with van der Waals surface area (Å²) in [6, 6.07) is 14.0. The maximum absolute atomic E-state index is 6.16. The SMILES string of the molecule is CC(c1ccccc1)n1c(CCl)nc2cc(Cl)c(Cl)cc21. The van der Waals surface area contributed by atoms with Gasteiger partial charge in [0.2, 0.25) is 0 Å². The molecule has 0 aliphatic rings. The minimum absolute atomic E-state index is 0.113. The third-order valence-corrected chi connectivity index (χ3v) is 4.55. The molecule has 0 amide bonds. The lowest BCUT2D eigenvalue weighted by Crippen LogP contribution is -2.09. The molecule has 2 nitrogen and oxygen atoms in total. The molecular weight excluding hydrogens is 327 g/mol.